The van der Waals surface area contributed by atoms with Gasteiger partial charge in [0.05, 0.1) is 6.26 Å². The van der Waals surface area contributed by atoms with Crippen LogP contribution in [0.15, 0.2) is 41.3 Å². The Kier molecular flexibility index (Phi) is 7.20. The lowest BCUT2D eigenvalue weighted by Gasteiger charge is -2.29. The first-order valence-corrected chi connectivity index (χ1v) is 11.9. The second kappa shape index (κ2) is 9.52. The van der Waals surface area contributed by atoms with E-state index in [4.69, 9.17) is 11.6 Å². The molecule has 1 saturated carbocycles. The number of hydrogen-bond donors (Lipinski definition) is 3. The lowest BCUT2D eigenvalue weighted by atomic mass is 9.92. The Hall–Kier alpha value is -2.20. The molecule has 0 aliphatic heterocycles. The van der Waals surface area contributed by atoms with E-state index in [1.807, 2.05) is 12.1 Å². The molecule has 1 aromatic carbocycles. The molecular weight excluding hydrogens is 461 g/mol. The molecule has 2 aromatic heterocycles. The molecule has 3 aromatic rings. The summed E-state index contributed by atoms with van der Waals surface area (Å²) in [7, 11) is -3.19. The Balaban J connectivity index is 0.00000272. The van der Waals surface area contributed by atoms with E-state index in [0.29, 0.717) is 33.1 Å². The highest BCUT2D eigenvalue weighted by molar-refractivity contribution is 7.88. The Bertz CT molecular complexity index is 1240. The van der Waals surface area contributed by atoms with Gasteiger partial charge >= 0.3 is 0 Å². The summed E-state index contributed by atoms with van der Waals surface area (Å²) in [4.78, 5) is 24.2. The molecule has 1 fully saturated rings. The van der Waals surface area contributed by atoms with E-state index in [1.165, 1.54) is 6.26 Å². The molecule has 166 valence electrons. The van der Waals surface area contributed by atoms with Gasteiger partial charge in [-0.3, -0.25) is 4.79 Å². The summed E-state index contributed by atoms with van der Waals surface area (Å²) in [5.74, 6) is 0.433. The minimum atomic E-state index is -3.19. The van der Waals surface area contributed by atoms with E-state index < -0.39 is 10.0 Å². The van der Waals surface area contributed by atoms with Crippen LogP contribution in [0.3, 0.4) is 0 Å². The number of anilines is 1. The number of nitrogens with one attached hydrogen (secondary N) is 3. The first-order chi connectivity index (χ1) is 14.3. The van der Waals surface area contributed by atoms with Gasteiger partial charge in [0.15, 0.2) is 0 Å². The third-order valence-corrected chi connectivity index (χ3v) is 6.29. The summed E-state index contributed by atoms with van der Waals surface area (Å²) in [5, 5.41) is 4.50. The highest BCUT2D eigenvalue weighted by atomic mass is 35.5. The van der Waals surface area contributed by atoms with Crippen molar-refractivity contribution in [3.05, 3.63) is 51.9 Å². The van der Waals surface area contributed by atoms with Crippen LogP contribution in [0, 0.1) is 0 Å². The minimum Gasteiger partial charge on any atom is -0.351 e. The smallest absolute Gasteiger partial charge is 0.257 e. The molecule has 2 heterocycles. The maximum atomic E-state index is 12.6. The van der Waals surface area contributed by atoms with Crippen LogP contribution in [0.4, 0.5) is 5.95 Å². The fourth-order valence-electron chi connectivity index (χ4n) is 3.78. The van der Waals surface area contributed by atoms with Crippen molar-refractivity contribution in [1.82, 2.24) is 19.7 Å². The number of benzene rings is 1. The lowest BCUT2D eigenvalue weighted by molar-refractivity contribution is 0.387. The van der Waals surface area contributed by atoms with Crippen LogP contribution in [-0.2, 0) is 10.0 Å². The number of aromatic nitrogens is 3. The standard InChI is InChI=1S/C20H22ClN5O3S.ClH/c1-30(28,29)26-14-8-6-13(7-9-14)23-20-22-11-12-10-16(19(27)24-18(12)25-20)15-4-2-3-5-17(15)21;/h2-5,10-11,13-14,26H,6-9H2,1H3,(H2,22,23,24,25,27);1H. The SMILES string of the molecule is CS(=O)(=O)NC1CCC(Nc2ncc3cc(-c4ccccc4Cl)c(=O)[nH]c3n2)CC1.Cl. The summed E-state index contributed by atoms with van der Waals surface area (Å²) >= 11 is 6.23. The number of fused-ring (bicyclic) bond motifs is 1. The number of nitrogens with zero attached hydrogens (tertiary/aromatic N) is 2. The Morgan fingerprint density at radius 3 is 2.45 bits per heavy atom. The molecule has 0 atom stereocenters. The van der Waals surface area contributed by atoms with Crippen molar-refractivity contribution < 1.29 is 8.42 Å². The van der Waals surface area contributed by atoms with Crippen molar-refractivity contribution >= 4 is 51.0 Å². The predicted octanol–water partition coefficient (Wildman–Crippen LogP) is 3.33. The van der Waals surface area contributed by atoms with Crippen LogP contribution in [0.25, 0.3) is 22.2 Å². The zero-order valence-electron chi connectivity index (χ0n) is 16.8. The maximum absolute atomic E-state index is 12.6. The van der Waals surface area contributed by atoms with Crippen LogP contribution in [0.5, 0.6) is 0 Å². The fraction of sp³-hybridized carbons (Fsp3) is 0.350. The van der Waals surface area contributed by atoms with Gasteiger partial charge in [0.25, 0.3) is 5.56 Å². The molecule has 8 nitrogen and oxygen atoms in total. The summed E-state index contributed by atoms with van der Waals surface area (Å²) in [6, 6.07) is 9.03. The fourth-order valence-corrected chi connectivity index (χ4v) is 4.86. The lowest BCUT2D eigenvalue weighted by Crippen LogP contribution is -2.39. The Labute approximate surface area is 191 Å². The number of sulfonamides is 1. The highest BCUT2D eigenvalue weighted by Crippen LogP contribution is 2.27. The molecule has 0 amide bonds. The second-order valence-electron chi connectivity index (χ2n) is 7.57. The van der Waals surface area contributed by atoms with Gasteiger partial charge in [0.2, 0.25) is 16.0 Å². The average molecular weight is 484 g/mol. The predicted molar refractivity (Wildman–Crippen MR) is 125 cm³/mol. The van der Waals surface area contributed by atoms with E-state index in [2.05, 4.69) is 25.0 Å². The van der Waals surface area contributed by atoms with Gasteiger partial charge in [0, 0.05) is 39.8 Å². The van der Waals surface area contributed by atoms with Crippen molar-refractivity contribution in [3.8, 4) is 11.1 Å². The monoisotopic (exact) mass is 483 g/mol. The van der Waals surface area contributed by atoms with E-state index in [-0.39, 0.29) is 30.0 Å². The van der Waals surface area contributed by atoms with Gasteiger partial charge in [-0.05, 0) is 37.8 Å². The van der Waals surface area contributed by atoms with Crippen molar-refractivity contribution in [1.29, 1.82) is 0 Å². The summed E-state index contributed by atoms with van der Waals surface area (Å²) < 4.78 is 25.4. The van der Waals surface area contributed by atoms with Crippen LogP contribution in [0.2, 0.25) is 5.02 Å². The molecule has 0 unspecified atom stereocenters. The average Bonchev–Trinajstić information content (AvgIpc) is 2.68. The van der Waals surface area contributed by atoms with Crippen molar-refractivity contribution in [2.24, 2.45) is 0 Å². The van der Waals surface area contributed by atoms with Gasteiger partial charge in [-0.2, -0.15) is 4.98 Å². The molecule has 4 rings (SSSR count). The van der Waals surface area contributed by atoms with E-state index >= 15 is 0 Å². The Morgan fingerprint density at radius 2 is 1.77 bits per heavy atom. The zero-order valence-corrected chi connectivity index (χ0v) is 19.1. The molecule has 0 bridgehead atoms. The summed E-state index contributed by atoms with van der Waals surface area (Å²) in [6.07, 6.45) is 5.94. The molecule has 3 N–H and O–H groups in total. The number of hydrogen-bond acceptors (Lipinski definition) is 6. The van der Waals surface area contributed by atoms with Crippen LogP contribution in [0.1, 0.15) is 25.7 Å². The van der Waals surface area contributed by atoms with Gasteiger partial charge in [0.1, 0.15) is 5.65 Å². The summed E-state index contributed by atoms with van der Waals surface area (Å²) in [5.41, 5.74) is 1.30. The van der Waals surface area contributed by atoms with E-state index in [9.17, 15) is 13.2 Å². The number of halogens is 2. The van der Waals surface area contributed by atoms with Gasteiger partial charge < -0.3 is 10.3 Å². The second-order valence-corrected chi connectivity index (χ2v) is 9.76. The highest BCUT2D eigenvalue weighted by Gasteiger charge is 2.23. The number of pyridine rings is 1. The van der Waals surface area contributed by atoms with Crippen LogP contribution >= 0.6 is 24.0 Å². The third kappa shape index (κ3) is 5.74. The molecule has 0 saturated heterocycles. The number of H-pyrrole nitrogens is 1. The third-order valence-electron chi connectivity index (χ3n) is 5.20. The molecule has 0 spiro atoms. The van der Waals surface area contributed by atoms with E-state index in [0.717, 1.165) is 25.7 Å². The Morgan fingerprint density at radius 1 is 1.10 bits per heavy atom. The normalized spacial score (nSPS) is 19.0. The largest absolute Gasteiger partial charge is 0.351 e. The topological polar surface area (TPSA) is 117 Å². The maximum Gasteiger partial charge on any atom is 0.257 e. The van der Waals surface area contributed by atoms with Crippen molar-refractivity contribution in [3.63, 3.8) is 0 Å². The van der Waals surface area contributed by atoms with Crippen LogP contribution in [-0.4, -0.2) is 41.7 Å². The van der Waals surface area contributed by atoms with Crippen molar-refractivity contribution in [2.45, 2.75) is 37.8 Å². The van der Waals surface area contributed by atoms with Gasteiger partial charge in [-0.25, -0.2) is 18.1 Å². The van der Waals surface area contributed by atoms with E-state index in [1.54, 1.807) is 24.4 Å². The molecule has 1 aliphatic rings. The first kappa shape index (κ1) is 23.5. The van der Waals surface area contributed by atoms with Crippen LogP contribution < -0.4 is 15.6 Å². The number of rotatable bonds is 5. The molecule has 31 heavy (non-hydrogen) atoms. The molecule has 11 heteroatoms. The van der Waals surface area contributed by atoms with Gasteiger partial charge in [-0.1, -0.05) is 29.8 Å². The molecule has 1 aliphatic carbocycles. The first-order valence-electron chi connectivity index (χ1n) is 9.67. The molecule has 0 radical (unpaired) electrons. The number of aromatic amines is 1. The quantitative estimate of drug-likeness (QED) is 0.512. The van der Waals surface area contributed by atoms with Gasteiger partial charge in [-0.15, -0.1) is 12.4 Å². The van der Waals surface area contributed by atoms with Crippen molar-refractivity contribution in [2.75, 3.05) is 11.6 Å². The molecular formula is C20H23Cl2N5O3S. The zero-order chi connectivity index (χ0) is 21.3. The minimum absolute atomic E-state index is 0. The summed E-state index contributed by atoms with van der Waals surface area (Å²) in [6.45, 7) is 0.